The number of carbonyl (C=O) groups is 1. The van der Waals surface area contributed by atoms with Gasteiger partial charge in [0, 0.05) is 43.2 Å². The maximum absolute atomic E-state index is 13.6. The second-order valence-electron chi connectivity index (χ2n) is 6.36. The molecule has 1 fully saturated rings. The molecule has 1 N–H and O–H groups in total. The number of hydrogen-bond acceptors (Lipinski definition) is 4. The number of likely N-dealkylation sites (tertiary alicyclic amines) is 1. The average Bonchev–Trinajstić information content (AvgIpc) is 3.22. The zero-order chi connectivity index (χ0) is 17.9. The van der Waals surface area contributed by atoms with Gasteiger partial charge in [-0.15, -0.1) is 0 Å². The van der Waals surface area contributed by atoms with E-state index in [4.69, 9.17) is 0 Å². The number of H-pyrrole nitrogens is 1. The Morgan fingerprint density at radius 3 is 2.88 bits per heavy atom. The number of benzene rings is 1. The fraction of sp³-hybridized carbons (Fsp3) is 0.263. The molecule has 2 aromatic heterocycles. The highest BCUT2D eigenvalue weighted by Gasteiger charge is 2.29. The van der Waals surface area contributed by atoms with Gasteiger partial charge < -0.3 is 4.90 Å². The third kappa shape index (κ3) is 3.20. The first-order chi connectivity index (χ1) is 12.7. The van der Waals surface area contributed by atoms with E-state index in [2.05, 4.69) is 20.2 Å². The molecule has 3 aromatic rings. The predicted octanol–water partition coefficient (Wildman–Crippen LogP) is 3.03. The van der Waals surface area contributed by atoms with Gasteiger partial charge in [-0.25, -0.2) is 4.39 Å². The Bertz CT molecular complexity index is 912. The van der Waals surface area contributed by atoms with Gasteiger partial charge in [-0.3, -0.25) is 19.9 Å². The van der Waals surface area contributed by atoms with Crippen LogP contribution >= 0.6 is 0 Å². The molecule has 26 heavy (non-hydrogen) atoms. The van der Waals surface area contributed by atoms with Crippen molar-refractivity contribution < 1.29 is 9.18 Å². The number of nitrogens with one attached hydrogen (secondary N) is 1. The molecule has 132 valence electrons. The molecular weight excluding hydrogens is 333 g/mol. The minimum atomic E-state index is -0.307. The number of rotatable bonds is 3. The predicted molar refractivity (Wildman–Crippen MR) is 93.9 cm³/mol. The minimum absolute atomic E-state index is 0.0580. The number of carbonyl (C=O) groups excluding carboxylic acids is 1. The van der Waals surface area contributed by atoms with Gasteiger partial charge in [-0.1, -0.05) is 12.1 Å². The van der Waals surface area contributed by atoms with E-state index in [1.54, 1.807) is 30.7 Å². The molecule has 0 saturated carbocycles. The van der Waals surface area contributed by atoms with Crippen molar-refractivity contribution in [1.82, 2.24) is 25.1 Å². The molecule has 6 nitrogen and oxygen atoms in total. The van der Waals surface area contributed by atoms with Crippen molar-refractivity contribution in [3.05, 3.63) is 66.1 Å². The molecular formula is C19H18FN5O. The Morgan fingerprint density at radius 2 is 2.08 bits per heavy atom. The molecule has 1 aromatic carbocycles. The van der Waals surface area contributed by atoms with Crippen LogP contribution in [0.2, 0.25) is 0 Å². The van der Waals surface area contributed by atoms with Crippen molar-refractivity contribution in [3.63, 3.8) is 0 Å². The number of aromatic nitrogens is 4. The van der Waals surface area contributed by atoms with Gasteiger partial charge in [-0.05, 0) is 31.0 Å². The fourth-order valence-corrected chi connectivity index (χ4v) is 3.44. The Hall–Kier alpha value is -3.09. The smallest absolute Gasteiger partial charge is 0.271 e. The maximum Gasteiger partial charge on any atom is 0.271 e. The first-order valence-electron chi connectivity index (χ1n) is 8.58. The van der Waals surface area contributed by atoms with Gasteiger partial charge >= 0.3 is 0 Å². The Labute approximate surface area is 150 Å². The Kier molecular flexibility index (Phi) is 4.43. The molecule has 1 amide bonds. The quantitative estimate of drug-likeness (QED) is 0.787. The first-order valence-corrected chi connectivity index (χ1v) is 8.58. The van der Waals surface area contributed by atoms with E-state index in [-0.39, 0.29) is 17.6 Å². The molecule has 0 aliphatic carbocycles. The Balaban J connectivity index is 1.62. The Morgan fingerprint density at radius 1 is 1.19 bits per heavy atom. The van der Waals surface area contributed by atoms with Gasteiger partial charge in [0.05, 0.1) is 11.4 Å². The molecule has 0 unspecified atom stereocenters. The zero-order valence-electron chi connectivity index (χ0n) is 14.1. The van der Waals surface area contributed by atoms with Crippen LogP contribution in [0.5, 0.6) is 0 Å². The lowest BCUT2D eigenvalue weighted by Crippen LogP contribution is -2.39. The van der Waals surface area contributed by atoms with Crippen LogP contribution in [0.4, 0.5) is 4.39 Å². The highest BCUT2D eigenvalue weighted by molar-refractivity contribution is 5.92. The molecule has 0 radical (unpaired) electrons. The maximum atomic E-state index is 13.6. The lowest BCUT2D eigenvalue weighted by molar-refractivity contribution is 0.0700. The minimum Gasteiger partial charge on any atom is -0.337 e. The summed E-state index contributed by atoms with van der Waals surface area (Å²) in [5.41, 5.74) is 2.66. The standard InChI is InChI=1S/C19H18FN5O/c20-15-5-1-3-13(11-15)17-18(22-9-8-21-17)14-4-2-10-25(12-14)19(26)16-6-7-23-24-16/h1,3,5-9,11,14H,2,4,10,12H2,(H,23,24)/t14-/m1/s1. The van der Waals surface area contributed by atoms with Crippen LogP contribution in [0.15, 0.2) is 48.9 Å². The van der Waals surface area contributed by atoms with Crippen molar-refractivity contribution in [2.45, 2.75) is 18.8 Å². The molecule has 1 saturated heterocycles. The van der Waals surface area contributed by atoms with Crippen LogP contribution in [-0.4, -0.2) is 44.1 Å². The largest absolute Gasteiger partial charge is 0.337 e. The summed E-state index contributed by atoms with van der Waals surface area (Å²) >= 11 is 0. The monoisotopic (exact) mass is 351 g/mol. The van der Waals surface area contributed by atoms with E-state index in [1.807, 2.05) is 11.0 Å². The summed E-state index contributed by atoms with van der Waals surface area (Å²) in [4.78, 5) is 23.4. The number of halogens is 1. The second-order valence-corrected chi connectivity index (χ2v) is 6.36. The van der Waals surface area contributed by atoms with Crippen LogP contribution in [0.25, 0.3) is 11.3 Å². The van der Waals surface area contributed by atoms with Crippen molar-refractivity contribution >= 4 is 5.91 Å². The summed E-state index contributed by atoms with van der Waals surface area (Å²) in [5, 5.41) is 6.57. The van der Waals surface area contributed by atoms with Gasteiger partial charge in [0.25, 0.3) is 5.91 Å². The zero-order valence-corrected chi connectivity index (χ0v) is 14.1. The number of hydrogen-bond donors (Lipinski definition) is 1. The molecule has 3 heterocycles. The van der Waals surface area contributed by atoms with Gasteiger partial charge in [0.1, 0.15) is 11.5 Å². The van der Waals surface area contributed by atoms with Crippen LogP contribution in [-0.2, 0) is 0 Å². The van der Waals surface area contributed by atoms with E-state index < -0.39 is 0 Å². The van der Waals surface area contributed by atoms with Crippen molar-refractivity contribution in [2.75, 3.05) is 13.1 Å². The molecule has 7 heteroatoms. The summed E-state index contributed by atoms with van der Waals surface area (Å²) in [6.45, 7) is 1.25. The van der Waals surface area contributed by atoms with Gasteiger partial charge in [-0.2, -0.15) is 5.10 Å². The third-order valence-corrected chi connectivity index (χ3v) is 4.65. The molecule has 4 rings (SSSR count). The lowest BCUT2D eigenvalue weighted by atomic mass is 9.91. The van der Waals surface area contributed by atoms with Crippen LogP contribution in [0.1, 0.15) is 34.9 Å². The van der Waals surface area contributed by atoms with Crippen LogP contribution < -0.4 is 0 Å². The summed E-state index contributed by atoms with van der Waals surface area (Å²) in [6.07, 6.45) is 6.62. The highest BCUT2D eigenvalue weighted by Crippen LogP contribution is 2.32. The summed E-state index contributed by atoms with van der Waals surface area (Å²) in [5.74, 6) is -0.315. The average molecular weight is 351 g/mol. The van der Waals surface area contributed by atoms with E-state index in [1.165, 1.54) is 12.1 Å². The van der Waals surface area contributed by atoms with Crippen molar-refractivity contribution in [2.24, 2.45) is 0 Å². The van der Waals surface area contributed by atoms with Crippen LogP contribution in [0.3, 0.4) is 0 Å². The van der Waals surface area contributed by atoms with Crippen molar-refractivity contribution in [3.8, 4) is 11.3 Å². The van der Waals surface area contributed by atoms with Gasteiger partial charge in [0.2, 0.25) is 0 Å². The first kappa shape index (κ1) is 16.4. The summed E-state index contributed by atoms with van der Waals surface area (Å²) in [7, 11) is 0. The summed E-state index contributed by atoms with van der Waals surface area (Å²) < 4.78 is 13.6. The molecule has 1 aliphatic heterocycles. The van der Waals surface area contributed by atoms with E-state index >= 15 is 0 Å². The third-order valence-electron chi connectivity index (χ3n) is 4.65. The highest BCUT2D eigenvalue weighted by atomic mass is 19.1. The number of piperidine rings is 1. The number of nitrogens with zero attached hydrogens (tertiary/aromatic N) is 4. The van der Waals surface area contributed by atoms with Crippen molar-refractivity contribution in [1.29, 1.82) is 0 Å². The normalized spacial score (nSPS) is 17.3. The summed E-state index contributed by atoms with van der Waals surface area (Å²) in [6, 6.07) is 8.03. The lowest BCUT2D eigenvalue weighted by Gasteiger charge is -2.32. The van der Waals surface area contributed by atoms with E-state index in [9.17, 15) is 9.18 Å². The molecule has 0 spiro atoms. The van der Waals surface area contributed by atoms with E-state index in [0.717, 1.165) is 18.5 Å². The molecule has 1 atom stereocenters. The molecule has 0 bridgehead atoms. The molecule has 1 aliphatic rings. The SMILES string of the molecule is O=C(c1ccn[nH]1)N1CCC[C@@H](c2nccnc2-c2cccc(F)c2)C1. The topological polar surface area (TPSA) is 74.8 Å². The van der Waals surface area contributed by atoms with E-state index in [0.29, 0.717) is 30.0 Å². The second kappa shape index (κ2) is 7.03. The van der Waals surface area contributed by atoms with Gasteiger partial charge in [0.15, 0.2) is 0 Å². The fourth-order valence-electron chi connectivity index (χ4n) is 3.44. The van der Waals surface area contributed by atoms with Crippen LogP contribution in [0, 0.1) is 5.82 Å². The number of aromatic amines is 1. The number of amides is 1.